The molecule has 0 N–H and O–H groups in total. The summed E-state index contributed by atoms with van der Waals surface area (Å²) in [6, 6.07) is 4.42. The largest absolute Gasteiger partial charge is 0.299 e. The third-order valence-corrected chi connectivity index (χ3v) is 5.05. The third kappa shape index (κ3) is 3.63. The summed E-state index contributed by atoms with van der Waals surface area (Å²) in [6.45, 7) is 9.83. The van der Waals surface area contributed by atoms with Crippen molar-refractivity contribution in [2.45, 2.75) is 64.8 Å². The molecular weight excluding hydrogens is 258 g/mol. The maximum atomic E-state index is 9.50. The molecule has 3 nitrogen and oxygen atoms in total. The fraction of sp³-hybridized carbons (Fsp3) is 0.667. The molecule has 1 fully saturated rings. The van der Waals surface area contributed by atoms with Crippen molar-refractivity contribution in [2.75, 3.05) is 13.1 Å². The number of nitriles is 1. The standard InChI is InChI=1S/C18H27N3/c1-4-18(3,5-2)17-16(12-19)11-15(13-20-17)14-21-9-7-6-8-10-21/h11,13H,4-10,14H2,1-3H3. The summed E-state index contributed by atoms with van der Waals surface area (Å²) in [7, 11) is 0. The van der Waals surface area contributed by atoms with Crippen molar-refractivity contribution in [2.24, 2.45) is 0 Å². The highest BCUT2D eigenvalue weighted by molar-refractivity contribution is 5.39. The Morgan fingerprint density at radius 3 is 2.48 bits per heavy atom. The molecule has 1 aliphatic heterocycles. The van der Waals surface area contributed by atoms with Gasteiger partial charge in [-0.25, -0.2) is 0 Å². The highest BCUT2D eigenvalue weighted by Crippen LogP contribution is 2.32. The Bertz CT molecular complexity index is 506. The Balaban J connectivity index is 2.22. The molecule has 0 aliphatic carbocycles. The van der Waals surface area contributed by atoms with Crippen LogP contribution in [0.5, 0.6) is 0 Å². The second-order valence-electron chi connectivity index (χ2n) is 6.46. The van der Waals surface area contributed by atoms with Crippen LogP contribution in [0.3, 0.4) is 0 Å². The van der Waals surface area contributed by atoms with E-state index < -0.39 is 0 Å². The second kappa shape index (κ2) is 7.04. The molecule has 2 rings (SSSR count). The number of aromatic nitrogens is 1. The fourth-order valence-electron chi connectivity index (χ4n) is 3.12. The van der Waals surface area contributed by atoms with Crippen LogP contribution in [0.4, 0.5) is 0 Å². The van der Waals surface area contributed by atoms with Crippen LogP contribution in [0.2, 0.25) is 0 Å². The van der Waals surface area contributed by atoms with E-state index >= 15 is 0 Å². The van der Waals surface area contributed by atoms with E-state index in [4.69, 9.17) is 0 Å². The maximum Gasteiger partial charge on any atom is 0.101 e. The molecule has 21 heavy (non-hydrogen) atoms. The summed E-state index contributed by atoms with van der Waals surface area (Å²) in [5.41, 5.74) is 2.91. The number of hydrogen-bond acceptors (Lipinski definition) is 3. The molecule has 1 saturated heterocycles. The molecule has 0 radical (unpaired) electrons. The molecular formula is C18H27N3. The second-order valence-corrected chi connectivity index (χ2v) is 6.46. The molecule has 0 aromatic carbocycles. The molecule has 114 valence electrons. The lowest BCUT2D eigenvalue weighted by molar-refractivity contribution is 0.220. The number of pyridine rings is 1. The molecule has 1 aromatic rings. The first-order valence-electron chi connectivity index (χ1n) is 8.24. The lowest BCUT2D eigenvalue weighted by Gasteiger charge is -2.28. The Morgan fingerprint density at radius 1 is 1.24 bits per heavy atom. The van der Waals surface area contributed by atoms with Gasteiger partial charge in [0, 0.05) is 18.2 Å². The lowest BCUT2D eigenvalue weighted by Crippen LogP contribution is -2.29. The lowest BCUT2D eigenvalue weighted by atomic mass is 9.79. The zero-order chi connectivity index (χ0) is 15.3. The van der Waals surface area contributed by atoms with Crippen LogP contribution in [0.25, 0.3) is 0 Å². The van der Waals surface area contributed by atoms with Gasteiger partial charge in [0.1, 0.15) is 6.07 Å². The van der Waals surface area contributed by atoms with Crippen molar-refractivity contribution in [3.63, 3.8) is 0 Å². The van der Waals surface area contributed by atoms with E-state index in [0.29, 0.717) is 0 Å². The van der Waals surface area contributed by atoms with E-state index in [9.17, 15) is 5.26 Å². The summed E-state index contributed by atoms with van der Waals surface area (Å²) in [6.07, 6.45) is 7.94. The normalized spacial score (nSPS) is 16.7. The van der Waals surface area contributed by atoms with Crippen molar-refractivity contribution < 1.29 is 0 Å². The Labute approximate surface area is 129 Å². The predicted octanol–water partition coefficient (Wildman–Crippen LogP) is 4.02. The van der Waals surface area contributed by atoms with Gasteiger partial charge in [-0.05, 0) is 50.4 Å². The topological polar surface area (TPSA) is 39.9 Å². The monoisotopic (exact) mass is 285 g/mol. The molecule has 0 spiro atoms. The van der Waals surface area contributed by atoms with Gasteiger partial charge in [0.25, 0.3) is 0 Å². The van der Waals surface area contributed by atoms with E-state index in [1.54, 1.807) is 0 Å². The highest BCUT2D eigenvalue weighted by atomic mass is 15.1. The minimum atomic E-state index is 0.00865. The summed E-state index contributed by atoms with van der Waals surface area (Å²) >= 11 is 0. The summed E-state index contributed by atoms with van der Waals surface area (Å²) in [4.78, 5) is 7.15. The zero-order valence-electron chi connectivity index (χ0n) is 13.7. The molecule has 0 atom stereocenters. The van der Waals surface area contributed by atoms with E-state index in [0.717, 1.165) is 30.6 Å². The Morgan fingerprint density at radius 2 is 1.90 bits per heavy atom. The van der Waals surface area contributed by atoms with Crippen LogP contribution in [0, 0.1) is 11.3 Å². The van der Waals surface area contributed by atoms with Crippen molar-refractivity contribution in [1.29, 1.82) is 5.26 Å². The van der Waals surface area contributed by atoms with Gasteiger partial charge in [0.2, 0.25) is 0 Å². The zero-order valence-corrected chi connectivity index (χ0v) is 13.7. The van der Waals surface area contributed by atoms with Gasteiger partial charge in [-0.15, -0.1) is 0 Å². The van der Waals surface area contributed by atoms with Crippen LogP contribution in [0.1, 0.15) is 69.7 Å². The van der Waals surface area contributed by atoms with Gasteiger partial charge >= 0.3 is 0 Å². The smallest absolute Gasteiger partial charge is 0.101 e. The van der Waals surface area contributed by atoms with Gasteiger partial charge < -0.3 is 0 Å². The van der Waals surface area contributed by atoms with Crippen molar-refractivity contribution in [3.8, 4) is 6.07 Å². The van der Waals surface area contributed by atoms with Crippen LogP contribution in [-0.4, -0.2) is 23.0 Å². The first kappa shape index (κ1) is 16.0. The van der Waals surface area contributed by atoms with Gasteiger partial charge in [-0.1, -0.05) is 27.2 Å². The van der Waals surface area contributed by atoms with Crippen molar-refractivity contribution in [1.82, 2.24) is 9.88 Å². The van der Waals surface area contributed by atoms with Crippen LogP contribution in [0.15, 0.2) is 12.3 Å². The summed E-state index contributed by atoms with van der Waals surface area (Å²) < 4.78 is 0. The first-order valence-corrected chi connectivity index (χ1v) is 8.24. The Hall–Kier alpha value is -1.40. The number of likely N-dealkylation sites (tertiary alicyclic amines) is 1. The average molecular weight is 285 g/mol. The summed E-state index contributed by atoms with van der Waals surface area (Å²) in [5.74, 6) is 0. The van der Waals surface area contributed by atoms with E-state index in [2.05, 4.69) is 42.8 Å². The highest BCUT2D eigenvalue weighted by Gasteiger charge is 2.27. The van der Waals surface area contributed by atoms with E-state index in [1.165, 1.54) is 37.9 Å². The molecule has 0 bridgehead atoms. The van der Waals surface area contributed by atoms with Gasteiger partial charge in [-0.2, -0.15) is 5.26 Å². The molecule has 2 heterocycles. The number of hydrogen-bond donors (Lipinski definition) is 0. The SMILES string of the molecule is CCC(C)(CC)c1ncc(CN2CCCCC2)cc1C#N. The van der Waals surface area contributed by atoms with Crippen molar-refractivity contribution in [3.05, 3.63) is 29.1 Å². The van der Waals surface area contributed by atoms with Crippen LogP contribution >= 0.6 is 0 Å². The molecule has 3 heteroatoms. The molecule has 1 aromatic heterocycles. The minimum absolute atomic E-state index is 0.00865. The Kier molecular flexibility index (Phi) is 5.36. The molecule has 0 unspecified atom stereocenters. The average Bonchev–Trinajstić information content (AvgIpc) is 2.55. The van der Waals surface area contributed by atoms with Crippen LogP contribution < -0.4 is 0 Å². The van der Waals surface area contributed by atoms with Gasteiger partial charge in [-0.3, -0.25) is 9.88 Å². The fourth-order valence-corrected chi connectivity index (χ4v) is 3.12. The summed E-state index contributed by atoms with van der Waals surface area (Å²) in [5, 5.41) is 9.50. The number of rotatable bonds is 5. The molecule has 1 aliphatic rings. The molecule has 0 amide bonds. The predicted molar refractivity (Wildman–Crippen MR) is 86.0 cm³/mol. The van der Waals surface area contributed by atoms with Gasteiger partial charge in [0.15, 0.2) is 0 Å². The van der Waals surface area contributed by atoms with Crippen molar-refractivity contribution >= 4 is 0 Å². The quantitative estimate of drug-likeness (QED) is 0.820. The van der Waals surface area contributed by atoms with Gasteiger partial charge in [0.05, 0.1) is 11.3 Å². The first-order chi connectivity index (χ1) is 10.1. The minimum Gasteiger partial charge on any atom is -0.299 e. The van der Waals surface area contributed by atoms with Crippen LogP contribution in [-0.2, 0) is 12.0 Å². The number of piperidine rings is 1. The number of nitrogens with zero attached hydrogens (tertiary/aromatic N) is 3. The van der Waals surface area contributed by atoms with E-state index in [-0.39, 0.29) is 5.41 Å². The molecule has 0 saturated carbocycles. The third-order valence-electron chi connectivity index (χ3n) is 5.05. The maximum absolute atomic E-state index is 9.50. The van der Waals surface area contributed by atoms with E-state index in [1.807, 2.05) is 6.20 Å².